The van der Waals surface area contributed by atoms with Crippen LogP contribution in [0.5, 0.6) is 0 Å². The minimum atomic E-state index is -4.39. The molecule has 1 heterocycles. The van der Waals surface area contributed by atoms with E-state index in [1.54, 1.807) is 6.92 Å². The Morgan fingerprint density at radius 2 is 1.90 bits per heavy atom. The average Bonchev–Trinajstić information content (AvgIpc) is 2.91. The Morgan fingerprint density at radius 3 is 2.45 bits per heavy atom. The second-order valence-electron chi connectivity index (χ2n) is 5.67. The van der Waals surface area contributed by atoms with Crippen LogP contribution in [-0.2, 0) is 9.53 Å². The number of nitrogens with zero attached hydrogens (tertiary/aromatic N) is 1. The number of esters is 1. The highest BCUT2D eigenvalue weighted by atomic mass is 19.4. The third kappa shape index (κ3) is 2.54. The molecular formula is C14H22F3NO2. The molecule has 1 aliphatic carbocycles. The van der Waals surface area contributed by atoms with Crippen molar-refractivity contribution in [2.75, 3.05) is 19.7 Å². The number of rotatable bonds is 3. The highest BCUT2D eigenvalue weighted by Crippen LogP contribution is 2.50. The van der Waals surface area contributed by atoms with Gasteiger partial charge in [-0.3, -0.25) is 9.69 Å². The summed E-state index contributed by atoms with van der Waals surface area (Å²) in [6.45, 7) is 2.61. The largest absolute Gasteiger partial charge is 0.466 e. The van der Waals surface area contributed by atoms with Gasteiger partial charge in [-0.15, -0.1) is 0 Å². The number of ether oxygens (including phenoxy) is 1. The summed E-state index contributed by atoms with van der Waals surface area (Å²) in [6, 6.07) is 0. The van der Waals surface area contributed by atoms with E-state index in [0.29, 0.717) is 25.9 Å². The monoisotopic (exact) mass is 293 g/mol. The molecule has 0 aromatic heterocycles. The Kier molecular flexibility index (Phi) is 4.62. The zero-order chi connectivity index (χ0) is 14.8. The molecule has 2 aliphatic rings. The summed E-state index contributed by atoms with van der Waals surface area (Å²) in [5.74, 6) is -1.76. The minimum Gasteiger partial charge on any atom is -0.466 e. The lowest BCUT2D eigenvalue weighted by molar-refractivity contribution is -0.258. The van der Waals surface area contributed by atoms with E-state index in [2.05, 4.69) is 0 Å². The first-order valence-corrected chi connectivity index (χ1v) is 7.42. The van der Waals surface area contributed by atoms with Gasteiger partial charge in [0.15, 0.2) is 0 Å². The van der Waals surface area contributed by atoms with Crippen molar-refractivity contribution >= 4 is 5.97 Å². The van der Waals surface area contributed by atoms with Crippen molar-refractivity contribution in [3.8, 4) is 0 Å². The number of hydrogen-bond acceptors (Lipinski definition) is 3. The molecule has 0 aromatic carbocycles. The molecule has 3 nitrogen and oxygen atoms in total. The Labute approximate surface area is 117 Å². The predicted octanol–water partition coefficient (Wildman–Crippen LogP) is 3.14. The Balaban J connectivity index is 2.36. The lowest BCUT2D eigenvalue weighted by Crippen LogP contribution is -2.65. The molecular weight excluding hydrogens is 271 g/mol. The van der Waals surface area contributed by atoms with Gasteiger partial charge in [-0.05, 0) is 45.7 Å². The van der Waals surface area contributed by atoms with E-state index in [-0.39, 0.29) is 19.4 Å². The molecule has 0 spiro atoms. The highest BCUT2D eigenvalue weighted by molar-refractivity contribution is 5.74. The average molecular weight is 293 g/mol. The SMILES string of the molecule is CCOC(=O)[C@H]1CCCC[C@]1(N1CCCC1)C(F)(F)F. The molecule has 2 rings (SSSR count). The van der Waals surface area contributed by atoms with Crippen LogP contribution < -0.4 is 0 Å². The van der Waals surface area contributed by atoms with E-state index in [9.17, 15) is 18.0 Å². The second kappa shape index (κ2) is 5.92. The topological polar surface area (TPSA) is 29.5 Å². The number of alkyl halides is 3. The molecule has 0 aromatic rings. The van der Waals surface area contributed by atoms with Crippen LogP contribution in [0.3, 0.4) is 0 Å². The smallest absolute Gasteiger partial charge is 0.407 e. The summed E-state index contributed by atoms with van der Waals surface area (Å²) in [4.78, 5) is 13.6. The van der Waals surface area contributed by atoms with E-state index < -0.39 is 23.6 Å². The minimum absolute atomic E-state index is 0.0139. The normalized spacial score (nSPS) is 32.3. The molecule has 0 bridgehead atoms. The van der Waals surface area contributed by atoms with Crippen LogP contribution in [0.1, 0.15) is 45.4 Å². The first-order valence-electron chi connectivity index (χ1n) is 7.42. The van der Waals surface area contributed by atoms with Crippen molar-refractivity contribution in [2.45, 2.75) is 57.2 Å². The quantitative estimate of drug-likeness (QED) is 0.749. The maximum atomic E-state index is 13.8. The molecule has 0 unspecified atom stereocenters. The summed E-state index contributed by atoms with van der Waals surface area (Å²) in [5.41, 5.74) is -2.01. The van der Waals surface area contributed by atoms with Crippen LogP contribution in [0.25, 0.3) is 0 Å². The molecule has 116 valence electrons. The Bertz CT molecular complexity index is 353. The van der Waals surface area contributed by atoms with E-state index in [1.807, 2.05) is 0 Å². The van der Waals surface area contributed by atoms with Gasteiger partial charge in [0.25, 0.3) is 0 Å². The summed E-state index contributed by atoms with van der Waals surface area (Å²) < 4.78 is 46.5. The number of halogens is 3. The number of hydrogen-bond donors (Lipinski definition) is 0. The zero-order valence-corrected chi connectivity index (χ0v) is 11.8. The zero-order valence-electron chi connectivity index (χ0n) is 11.8. The fourth-order valence-corrected chi connectivity index (χ4v) is 3.72. The van der Waals surface area contributed by atoms with E-state index in [0.717, 1.165) is 12.8 Å². The van der Waals surface area contributed by atoms with Crippen molar-refractivity contribution in [1.29, 1.82) is 0 Å². The second-order valence-corrected chi connectivity index (χ2v) is 5.67. The van der Waals surface area contributed by atoms with Crippen LogP contribution in [-0.4, -0.2) is 42.3 Å². The summed E-state index contributed by atoms with van der Waals surface area (Å²) in [7, 11) is 0. The maximum absolute atomic E-state index is 13.8. The third-order valence-corrected chi connectivity index (χ3v) is 4.61. The third-order valence-electron chi connectivity index (χ3n) is 4.61. The lowest BCUT2D eigenvalue weighted by atomic mass is 9.71. The maximum Gasteiger partial charge on any atom is 0.407 e. The van der Waals surface area contributed by atoms with Gasteiger partial charge in [0.1, 0.15) is 5.54 Å². The fourth-order valence-electron chi connectivity index (χ4n) is 3.72. The number of likely N-dealkylation sites (tertiary alicyclic amines) is 1. The number of carbonyl (C=O) groups excluding carboxylic acids is 1. The van der Waals surface area contributed by atoms with Gasteiger partial charge < -0.3 is 4.74 Å². The van der Waals surface area contributed by atoms with Crippen LogP contribution in [0.2, 0.25) is 0 Å². The Hall–Kier alpha value is -0.780. The van der Waals surface area contributed by atoms with Gasteiger partial charge in [-0.1, -0.05) is 12.8 Å². The number of carbonyl (C=O) groups is 1. The van der Waals surface area contributed by atoms with Gasteiger partial charge >= 0.3 is 12.1 Å². The van der Waals surface area contributed by atoms with Crippen molar-refractivity contribution in [3.63, 3.8) is 0 Å². The van der Waals surface area contributed by atoms with E-state index in [1.165, 1.54) is 4.90 Å². The standard InChI is InChI=1S/C14H22F3NO2/c1-2-20-12(19)11-7-3-4-8-13(11,14(15,16)17)18-9-5-6-10-18/h11H,2-10H2,1H3/t11-,13-/m1/s1. The molecule has 2 fully saturated rings. The van der Waals surface area contributed by atoms with Gasteiger partial charge in [-0.25, -0.2) is 0 Å². The molecule has 2 atom stereocenters. The molecule has 1 saturated carbocycles. The first-order chi connectivity index (χ1) is 9.43. The lowest BCUT2D eigenvalue weighted by Gasteiger charge is -2.49. The van der Waals surface area contributed by atoms with Crippen molar-refractivity contribution < 1.29 is 22.7 Å². The van der Waals surface area contributed by atoms with Crippen LogP contribution in [0.4, 0.5) is 13.2 Å². The summed E-state index contributed by atoms with van der Waals surface area (Å²) in [5, 5.41) is 0. The molecule has 1 aliphatic heterocycles. The van der Waals surface area contributed by atoms with Gasteiger partial charge in [0.2, 0.25) is 0 Å². The Morgan fingerprint density at radius 1 is 1.25 bits per heavy atom. The highest BCUT2D eigenvalue weighted by Gasteiger charge is 2.65. The molecule has 20 heavy (non-hydrogen) atoms. The fraction of sp³-hybridized carbons (Fsp3) is 0.929. The first kappa shape index (κ1) is 15.6. The molecule has 1 saturated heterocycles. The van der Waals surface area contributed by atoms with Crippen molar-refractivity contribution in [1.82, 2.24) is 4.90 Å². The molecule has 0 radical (unpaired) electrons. The van der Waals surface area contributed by atoms with Crippen LogP contribution in [0, 0.1) is 5.92 Å². The van der Waals surface area contributed by atoms with Gasteiger partial charge in [0, 0.05) is 0 Å². The van der Waals surface area contributed by atoms with Gasteiger partial charge in [-0.2, -0.15) is 13.2 Å². The van der Waals surface area contributed by atoms with Crippen LogP contribution >= 0.6 is 0 Å². The van der Waals surface area contributed by atoms with E-state index >= 15 is 0 Å². The van der Waals surface area contributed by atoms with Gasteiger partial charge in [0.05, 0.1) is 12.5 Å². The summed E-state index contributed by atoms with van der Waals surface area (Å²) in [6.07, 6.45) is -1.38. The predicted molar refractivity (Wildman–Crippen MR) is 68.2 cm³/mol. The molecule has 0 amide bonds. The van der Waals surface area contributed by atoms with Crippen molar-refractivity contribution in [2.24, 2.45) is 5.92 Å². The van der Waals surface area contributed by atoms with Crippen molar-refractivity contribution in [3.05, 3.63) is 0 Å². The summed E-state index contributed by atoms with van der Waals surface area (Å²) >= 11 is 0. The molecule has 6 heteroatoms. The van der Waals surface area contributed by atoms with Crippen LogP contribution in [0.15, 0.2) is 0 Å². The van der Waals surface area contributed by atoms with E-state index in [4.69, 9.17) is 4.74 Å². The molecule has 0 N–H and O–H groups in total.